The summed E-state index contributed by atoms with van der Waals surface area (Å²) in [6.45, 7) is 1.92. The van der Waals surface area contributed by atoms with Gasteiger partial charge in [0.05, 0.1) is 5.25 Å². The van der Waals surface area contributed by atoms with E-state index in [0.717, 1.165) is 44.2 Å². The number of carbonyl (C=O) groups excluding carboxylic acids is 2. The van der Waals surface area contributed by atoms with Crippen LogP contribution in [0.2, 0.25) is 0 Å². The maximum Gasteiger partial charge on any atom is 0.319 e. The average molecular weight is 378 g/mol. The van der Waals surface area contributed by atoms with Crippen LogP contribution in [0.15, 0.2) is 24.3 Å². The number of urea groups is 1. The molecule has 2 saturated carbocycles. The molecule has 1 aromatic carbocycles. The molecule has 3 amide bonds. The van der Waals surface area contributed by atoms with E-state index < -0.39 is 10.8 Å². The predicted molar refractivity (Wildman–Crippen MR) is 105 cm³/mol. The highest BCUT2D eigenvalue weighted by atomic mass is 32.2. The van der Waals surface area contributed by atoms with Gasteiger partial charge < -0.3 is 16.0 Å². The van der Waals surface area contributed by atoms with Gasteiger partial charge in [0.2, 0.25) is 5.91 Å². The second-order valence-electron chi connectivity index (χ2n) is 7.04. The molecule has 0 aliphatic heterocycles. The number of anilines is 2. The highest BCUT2D eigenvalue weighted by Crippen LogP contribution is 2.30. The Morgan fingerprint density at radius 1 is 1.00 bits per heavy atom. The molecular formula is C19H27N3O3S. The van der Waals surface area contributed by atoms with Crippen LogP contribution >= 0.6 is 0 Å². The normalized spacial score (nSPS) is 23.7. The lowest BCUT2D eigenvalue weighted by molar-refractivity contribution is -0.117. The van der Waals surface area contributed by atoms with Crippen LogP contribution in [0.3, 0.4) is 0 Å². The van der Waals surface area contributed by atoms with Crippen LogP contribution in [-0.2, 0) is 15.6 Å². The molecule has 3 N–H and O–H groups in total. The van der Waals surface area contributed by atoms with Gasteiger partial charge >= 0.3 is 6.03 Å². The Hall–Kier alpha value is -1.89. The standard InChI is InChI=1S/C19H27N3O3S/c1-2-26(25)17-6-4-3-5-16(17)22-19(24)21-15-11-9-14(10-12-15)20-18(23)13-7-8-13/h9-13,16-17H,2-8H2,1H3,(H,20,23)(H2,21,22,24)/t16-,17+,26+/m1/s1. The van der Waals surface area contributed by atoms with Gasteiger partial charge in [0.1, 0.15) is 0 Å². The van der Waals surface area contributed by atoms with Crippen molar-refractivity contribution in [2.75, 3.05) is 16.4 Å². The fourth-order valence-electron chi connectivity index (χ4n) is 3.35. The van der Waals surface area contributed by atoms with E-state index in [9.17, 15) is 13.8 Å². The van der Waals surface area contributed by atoms with E-state index in [0.29, 0.717) is 11.4 Å². The minimum absolute atomic E-state index is 0.0402. The van der Waals surface area contributed by atoms with Crippen LogP contribution in [0.25, 0.3) is 0 Å². The Morgan fingerprint density at radius 3 is 2.23 bits per heavy atom. The van der Waals surface area contributed by atoms with Gasteiger partial charge in [-0.2, -0.15) is 0 Å². The third-order valence-electron chi connectivity index (χ3n) is 5.00. The van der Waals surface area contributed by atoms with E-state index in [1.807, 2.05) is 6.92 Å². The maximum atomic E-state index is 12.3. The molecule has 3 atom stereocenters. The molecule has 0 bridgehead atoms. The first-order valence-electron chi connectivity index (χ1n) is 9.42. The molecule has 0 heterocycles. The molecule has 0 saturated heterocycles. The molecule has 1 aromatic rings. The summed E-state index contributed by atoms with van der Waals surface area (Å²) in [4.78, 5) is 24.1. The topological polar surface area (TPSA) is 87.3 Å². The van der Waals surface area contributed by atoms with Crippen LogP contribution in [0.4, 0.5) is 16.2 Å². The minimum atomic E-state index is -0.897. The van der Waals surface area contributed by atoms with E-state index in [1.165, 1.54) is 0 Å². The van der Waals surface area contributed by atoms with Crippen molar-refractivity contribution in [3.8, 4) is 0 Å². The van der Waals surface area contributed by atoms with Crippen molar-refractivity contribution in [3.63, 3.8) is 0 Å². The average Bonchev–Trinajstić information content (AvgIpc) is 3.48. The van der Waals surface area contributed by atoms with Crippen molar-refractivity contribution in [2.45, 2.75) is 56.7 Å². The summed E-state index contributed by atoms with van der Waals surface area (Å²) in [5.74, 6) is 0.852. The summed E-state index contributed by atoms with van der Waals surface area (Å²) in [5.41, 5.74) is 1.40. The van der Waals surface area contributed by atoms with Gasteiger partial charge in [0.25, 0.3) is 0 Å². The van der Waals surface area contributed by atoms with Crippen molar-refractivity contribution in [1.82, 2.24) is 5.32 Å². The zero-order chi connectivity index (χ0) is 18.5. The molecule has 26 heavy (non-hydrogen) atoms. The van der Waals surface area contributed by atoms with Crippen molar-refractivity contribution in [3.05, 3.63) is 24.3 Å². The lowest BCUT2D eigenvalue weighted by atomic mass is 9.95. The summed E-state index contributed by atoms with van der Waals surface area (Å²) in [7, 11) is -0.897. The highest BCUT2D eigenvalue weighted by Gasteiger charge is 2.30. The number of amides is 3. The molecule has 2 aliphatic carbocycles. The molecule has 2 fully saturated rings. The van der Waals surface area contributed by atoms with E-state index in [2.05, 4.69) is 16.0 Å². The summed E-state index contributed by atoms with van der Waals surface area (Å²) < 4.78 is 12.2. The fourth-order valence-corrected chi connectivity index (χ4v) is 4.78. The second kappa shape index (κ2) is 8.66. The van der Waals surface area contributed by atoms with Gasteiger partial charge in [0.15, 0.2) is 0 Å². The quantitative estimate of drug-likeness (QED) is 0.711. The van der Waals surface area contributed by atoms with E-state index in [1.54, 1.807) is 24.3 Å². The Balaban J connectivity index is 1.52. The predicted octanol–water partition coefficient (Wildman–Crippen LogP) is 3.24. The van der Waals surface area contributed by atoms with Crippen molar-refractivity contribution in [2.24, 2.45) is 5.92 Å². The number of rotatable bonds is 6. The first kappa shape index (κ1) is 18.9. The number of nitrogens with one attached hydrogen (secondary N) is 3. The lowest BCUT2D eigenvalue weighted by Gasteiger charge is -2.31. The molecule has 142 valence electrons. The van der Waals surface area contributed by atoms with E-state index in [-0.39, 0.29) is 29.1 Å². The maximum absolute atomic E-state index is 12.3. The number of hydrogen-bond donors (Lipinski definition) is 3. The fraction of sp³-hybridized carbons (Fsp3) is 0.579. The van der Waals surface area contributed by atoms with E-state index >= 15 is 0 Å². The second-order valence-corrected chi connectivity index (χ2v) is 8.98. The van der Waals surface area contributed by atoms with Crippen LogP contribution in [0.1, 0.15) is 45.4 Å². The summed E-state index contributed by atoms with van der Waals surface area (Å²) >= 11 is 0. The third kappa shape index (κ3) is 5.06. The lowest BCUT2D eigenvalue weighted by Crippen LogP contribution is -2.48. The monoisotopic (exact) mass is 377 g/mol. The first-order chi connectivity index (χ1) is 12.6. The van der Waals surface area contributed by atoms with Crippen LogP contribution in [0, 0.1) is 5.92 Å². The van der Waals surface area contributed by atoms with Crippen molar-refractivity contribution in [1.29, 1.82) is 0 Å². The van der Waals surface area contributed by atoms with Gasteiger partial charge in [0, 0.05) is 39.9 Å². The van der Waals surface area contributed by atoms with Gasteiger partial charge in [-0.3, -0.25) is 9.00 Å². The smallest absolute Gasteiger partial charge is 0.319 e. The van der Waals surface area contributed by atoms with Gasteiger partial charge in [-0.1, -0.05) is 19.8 Å². The van der Waals surface area contributed by atoms with Crippen molar-refractivity contribution >= 4 is 34.1 Å². The van der Waals surface area contributed by atoms with Gasteiger partial charge in [-0.15, -0.1) is 0 Å². The van der Waals surface area contributed by atoms with Gasteiger partial charge in [-0.25, -0.2) is 4.79 Å². The summed E-state index contributed by atoms with van der Waals surface area (Å²) in [6, 6.07) is 6.79. The summed E-state index contributed by atoms with van der Waals surface area (Å²) in [6.07, 6.45) is 5.84. The molecule has 0 spiro atoms. The molecule has 7 heteroatoms. The van der Waals surface area contributed by atoms with E-state index in [4.69, 9.17) is 0 Å². The zero-order valence-corrected chi connectivity index (χ0v) is 15.9. The zero-order valence-electron chi connectivity index (χ0n) is 15.1. The van der Waals surface area contributed by atoms with Gasteiger partial charge in [-0.05, 0) is 49.9 Å². The first-order valence-corrected chi connectivity index (χ1v) is 10.8. The summed E-state index contributed by atoms with van der Waals surface area (Å²) in [5, 5.41) is 8.73. The molecule has 2 aliphatic rings. The number of benzene rings is 1. The number of carbonyl (C=O) groups is 2. The molecule has 0 radical (unpaired) electrons. The Bertz CT molecular complexity index is 673. The molecule has 3 rings (SSSR count). The number of hydrogen-bond acceptors (Lipinski definition) is 3. The minimum Gasteiger partial charge on any atom is -0.334 e. The molecule has 6 nitrogen and oxygen atoms in total. The molecule has 0 unspecified atom stereocenters. The Labute approximate surface area is 157 Å². The SMILES string of the molecule is CC[S@](=O)[C@H]1CCCC[C@H]1NC(=O)Nc1ccc(NC(=O)C2CC2)cc1. The largest absolute Gasteiger partial charge is 0.334 e. The van der Waals surface area contributed by atoms with Crippen molar-refractivity contribution < 1.29 is 13.8 Å². The Morgan fingerprint density at radius 2 is 1.62 bits per heavy atom. The van der Waals surface area contributed by atoms with Crippen LogP contribution in [-0.4, -0.2) is 33.2 Å². The molecular weight excluding hydrogens is 350 g/mol. The molecule has 0 aromatic heterocycles. The van der Waals surface area contributed by atoms with Crippen LogP contribution in [0.5, 0.6) is 0 Å². The van der Waals surface area contributed by atoms with Crippen LogP contribution < -0.4 is 16.0 Å². The highest BCUT2D eigenvalue weighted by molar-refractivity contribution is 7.85. The Kier molecular flexibility index (Phi) is 6.29. The third-order valence-corrected chi connectivity index (χ3v) is 6.81.